The van der Waals surface area contributed by atoms with E-state index in [1.807, 2.05) is 23.6 Å². The van der Waals surface area contributed by atoms with E-state index in [9.17, 15) is 9.90 Å². The van der Waals surface area contributed by atoms with Crippen LogP contribution in [0.2, 0.25) is 0 Å². The fraction of sp³-hybridized carbons (Fsp3) is 0. The quantitative estimate of drug-likeness (QED) is 0.567. The molecular weight excluding hydrogens is 310 g/mol. The second-order valence-electron chi connectivity index (χ2n) is 4.65. The van der Waals surface area contributed by atoms with Crippen molar-refractivity contribution in [3.8, 4) is 17.1 Å². The highest BCUT2D eigenvalue weighted by Crippen LogP contribution is 2.29. The third kappa shape index (κ3) is 3.30. The Labute approximate surface area is 136 Å². The second kappa shape index (κ2) is 6.89. The van der Waals surface area contributed by atoms with Crippen LogP contribution in [0.5, 0.6) is 5.75 Å². The molecular formula is C18H13NO3S. The van der Waals surface area contributed by atoms with Gasteiger partial charge >= 0.3 is 0 Å². The highest BCUT2D eigenvalue weighted by Gasteiger charge is 2.14. The van der Waals surface area contributed by atoms with Crippen molar-refractivity contribution in [2.75, 3.05) is 0 Å². The molecule has 2 aromatic heterocycles. The lowest BCUT2D eigenvalue weighted by atomic mass is 10.1. The summed E-state index contributed by atoms with van der Waals surface area (Å²) in [5, 5.41) is 12.3. The number of aromatic hydroxyl groups is 1. The summed E-state index contributed by atoms with van der Waals surface area (Å²) < 4.78 is 5.61. The SMILES string of the molecule is O=c1c(O)c(-c2ccccc2)oc2ccccc12.c1cscn1. The van der Waals surface area contributed by atoms with Crippen molar-refractivity contribution in [1.29, 1.82) is 0 Å². The zero-order valence-corrected chi connectivity index (χ0v) is 12.9. The van der Waals surface area contributed by atoms with Gasteiger partial charge in [-0.05, 0) is 12.1 Å². The molecule has 0 aliphatic rings. The van der Waals surface area contributed by atoms with Crippen LogP contribution in [0, 0.1) is 0 Å². The molecule has 4 aromatic rings. The van der Waals surface area contributed by atoms with Gasteiger partial charge in [0.1, 0.15) is 5.58 Å². The first-order chi connectivity index (χ1) is 11.3. The van der Waals surface area contributed by atoms with Gasteiger partial charge in [0, 0.05) is 17.1 Å². The molecule has 114 valence electrons. The number of rotatable bonds is 1. The summed E-state index contributed by atoms with van der Waals surface area (Å²) in [7, 11) is 0. The standard InChI is InChI=1S/C15H10O3.C3H3NS/c16-13-11-8-4-5-9-12(11)18-15(14(13)17)10-6-2-1-3-7-10;1-2-5-3-4-1/h1-9,17H;1-3H. The molecule has 4 nitrogen and oxygen atoms in total. The van der Waals surface area contributed by atoms with Crippen LogP contribution in [0.1, 0.15) is 0 Å². The van der Waals surface area contributed by atoms with E-state index in [1.54, 1.807) is 59.4 Å². The maximum absolute atomic E-state index is 12.0. The first-order valence-corrected chi connectivity index (χ1v) is 7.84. The lowest BCUT2D eigenvalue weighted by Crippen LogP contribution is -2.02. The molecule has 4 rings (SSSR count). The van der Waals surface area contributed by atoms with E-state index in [1.165, 1.54) is 0 Å². The number of benzene rings is 2. The Morgan fingerprint density at radius 3 is 2.39 bits per heavy atom. The Bertz CT molecular complexity index is 930. The average molecular weight is 323 g/mol. The second-order valence-corrected chi connectivity index (χ2v) is 5.40. The molecule has 0 fully saturated rings. The third-order valence-electron chi connectivity index (χ3n) is 3.16. The molecule has 0 atom stereocenters. The Kier molecular flexibility index (Phi) is 4.49. The summed E-state index contributed by atoms with van der Waals surface area (Å²) in [4.78, 5) is 15.8. The van der Waals surface area contributed by atoms with Gasteiger partial charge in [-0.25, -0.2) is 0 Å². The van der Waals surface area contributed by atoms with E-state index in [4.69, 9.17) is 4.42 Å². The predicted molar refractivity (Wildman–Crippen MR) is 91.7 cm³/mol. The minimum Gasteiger partial charge on any atom is -0.502 e. The van der Waals surface area contributed by atoms with Crippen LogP contribution in [-0.4, -0.2) is 10.1 Å². The van der Waals surface area contributed by atoms with Gasteiger partial charge in [-0.15, -0.1) is 11.3 Å². The monoisotopic (exact) mass is 323 g/mol. The fourth-order valence-electron chi connectivity index (χ4n) is 2.09. The predicted octanol–water partition coefficient (Wildman–Crippen LogP) is 4.31. The van der Waals surface area contributed by atoms with Crippen LogP contribution in [0.15, 0.2) is 80.9 Å². The minimum absolute atomic E-state index is 0.208. The number of hydrogen-bond acceptors (Lipinski definition) is 5. The van der Waals surface area contributed by atoms with Gasteiger partial charge < -0.3 is 9.52 Å². The molecule has 0 saturated carbocycles. The first-order valence-electron chi connectivity index (χ1n) is 6.90. The maximum Gasteiger partial charge on any atom is 0.235 e. The van der Waals surface area contributed by atoms with E-state index < -0.39 is 5.43 Å². The summed E-state index contributed by atoms with van der Waals surface area (Å²) in [5.41, 5.74) is 2.53. The summed E-state index contributed by atoms with van der Waals surface area (Å²) in [6, 6.07) is 15.9. The van der Waals surface area contributed by atoms with E-state index in [-0.39, 0.29) is 11.5 Å². The Morgan fingerprint density at radius 2 is 1.74 bits per heavy atom. The molecule has 0 spiro atoms. The number of nitrogens with zero attached hydrogens (tertiary/aromatic N) is 1. The summed E-state index contributed by atoms with van der Waals surface area (Å²) in [6.45, 7) is 0. The smallest absolute Gasteiger partial charge is 0.235 e. The molecule has 0 bridgehead atoms. The Balaban J connectivity index is 0.000000267. The third-order valence-corrected chi connectivity index (χ3v) is 3.68. The van der Waals surface area contributed by atoms with E-state index in [0.29, 0.717) is 16.5 Å². The average Bonchev–Trinajstić information content (AvgIpc) is 3.19. The van der Waals surface area contributed by atoms with Crippen LogP contribution in [0.4, 0.5) is 0 Å². The summed E-state index contributed by atoms with van der Waals surface area (Å²) >= 11 is 1.60. The lowest BCUT2D eigenvalue weighted by molar-refractivity contribution is 0.449. The van der Waals surface area contributed by atoms with Crippen LogP contribution >= 0.6 is 11.3 Å². The van der Waals surface area contributed by atoms with Crippen LogP contribution in [-0.2, 0) is 0 Å². The number of aromatic nitrogens is 1. The van der Waals surface area contributed by atoms with Gasteiger partial charge in [0.05, 0.1) is 10.9 Å². The van der Waals surface area contributed by atoms with Crippen LogP contribution in [0.25, 0.3) is 22.3 Å². The molecule has 0 aliphatic carbocycles. The van der Waals surface area contributed by atoms with Gasteiger partial charge in [-0.1, -0.05) is 42.5 Å². The van der Waals surface area contributed by atoms with E-state index in [0.717, 1.165) is 0 Å². The van der Waals surface area contributed by atoms with Crippen molar-refractivity contribution in [2.24, 2.45) is 0 Å². The molecule has 2 heterocycles. The van der Waals surface area contributed by atoms with Crippen LogP contribution in [0.3, 0.4) is 0 Å². The van der Waals surface area contributed by atoms with Crippen LogP contribution < -0.4 is 5.43 Å². The number of hydrogen-bond donors (Lipinski definition) is 1. The van der Waals surface area contributed by atoms with Gasteiger partial charge in [0.15, 0.2) is 5.76 Å². The summed E-state index contributed by atoms with van der Waals surface area (Å²) in [5.74, 6) is -0.140. The maximum atomic E-state index is 12.0. The highest BCUT2D eigenvalue weighted by molar-refractivity contribution is 7.07. The Morgan fingerprint density at radius 1 is 1.00 bits per heavy atom. The largest absolute Gasteiger partial charge is 0.502 e. The summed E-state index contributed by atoms with van der Waals surface area (Å²) in [6.07, 6.45) is 1.77. The van der Waals surface area contributed by atoms with Crippen molar-refractivity contribution in [3.05, 3.63) is 81.9 Å². The molecule has 0 saturated heterocycles. The van der Waals surface area contributed by atoms with E-state index in [2.05, 4.69) is 4.98 Å². The number of para-hydroxylation sites is 1. The highest BCUT2D eigenvalue weighted by atomic mass is 32.1. The Hall–Kier alpha value is -2.92. The normalized spacial score (nSPS) is 10.1. The molecule has 1 N–H and O–H groups in total. The molecule has 0 amide bonds. The van der Waals surface area contributed by atoms with Crippen molar-refractivity contribution >= 4 is 22.3 Å². The topological polar surface area (TPSA) is 63.3 Å². The molecule has 0 unspecified atom stereocenters. The number of fused-ring (bicyclic) bond motifs is 1. The number of thiazole rings is 1. The van der Waals surface area contributed by atoms with Gasteiger partial charge in [-0.2, -0.15) is 0 Å². The first kappa shape index (κ1) is 15.0. The van der Waals surface area contributed by atoms with Crippen molar-refractivity contribution in [1.82, 2.24) is 4.98 Å². The molecule has 23 heavy (non-hydrogen) atoms. The van der Waals surface area contributed by atoms with Crippen molar-refractivity contribution in [2.45, 2.75) is 0 Å². The zero-order valence-electron chi connectivity index (χ0n) is 12.0. The lowest BCUT2D eigenvalue weighted by Gasteiger charge is -2.05. The van der Waals surface area contributed by atoms with Gasteiger partial charge in [0.2, 0.25) is 11.2 Å². The zero-order chi connectivity index (χ0) is 16.1. The molecule has 5 heteroatoms. The van der Waals surface area contributed by atoms with Gasteiger partial charge in [0.25, 0.3) is 0 Å². The fourth-order valence-corrected chi connectivity index (χ4v) is 2.44. The van der Waals surface area contributed by atoms with Crippen molar-refractivity contribution in [3.63, 3.8) is 0 Å². The van der Waals surface area contributed by atoms with E-state index >= 15 is 0 Å². The minimum atomic E-state index is -0.407. The van der Waals surface area contributed by atoms with Gasteiger partial charge in [-0.3, -0.25) is 9.78 Å². The molecule has 0 aliphatic heterocycles. The van der Waals surface area contributed by atoms with Crippen molar-refractivity contribution < 1.29 is 9.52 Å². The molecule has 2 aromatic carbocycles. The molecule has 0 radical (unpaired) electrons.